The number of carbonyl (C=O) groups excluding carboxylic acids is 2. The fourth-order valence-electron chi connectivity index (χ4n) is 4.98. The number of rotatable bonds is 11. The molecule has 0 radical (unpaired) electrons. The molecule has 0 bridgehead atoms. The van der Waals surface area contributed by atoms with Gasteiger partial charge in [-0.05, 0) is 47.9 Å². The molecule has 4 aromatic rings. The Kier molecular flexibility index (Phi) is 8.52. The average Bonchev–Trinajstić information content (AvgIpc) is 3.62. The number of hydrogen-bond acceptors (Lipinski definition) is 7. The van der Waals surface area contributed by atoms with Crippen molar-refractivity contribution in [3.63, 3.8) is 0 Å². The number of Topliss-reactive ketones (excluding diaryl/α,β-unsaturated/α-hetero) is 1. The fraction of sp³-hybridized carbons (Fsp3) is 0.219. The summed E-state index contributed by atoms with van der Waals surface area (Å²) < 4.78 is 33.0. The summed E-state index contributed by atoms with van der Waals surface area (Å²) in [6.45, 7) is 1.09. The molecule has 42 heavy (non-hydrogen) atoms. The molecule has 0 aliphatic carbocycles. The second-order valence-corrected chi connectivity index (χ2v) is 9.68. The molecule has 3 aromatic carbocycles. The first-order valence-corrected chi connectivity index (χ1v) is 13.3. The molecular formula is C32H30FN3O6. The number of hydrogen-bond donors (Lipinski definition) is 1. The van der Waals surface area contributed by atoms with E-state index in [1.165, 1.54) is 31.3 Å². The molecule has 1 saturated heterocycles. The third-order valence-corrected chi connectivity index (χ3v) is 7.08. The molecule has 0 unspecified atom stereocenters. The first-order chi connectivity index (χ1) is 20.4. The van der Waals surface area contributed by atoms with Crippen LogP contribution < -0.4 is 14.2 Å². The van der Waals surface area contributed by atoms with Gasteiger partial charge in [-0.25, -0.2) is 9.37 Å². The van der Waals surface area contributed by atoms with Crippen molar-refractivity contribution < 1.29 is 33.3 Å². The van der Waals surface area contributed by atoms with Gasteiger partial charge in [-0.15, -0.1) is 0 Å². The van der Waals surface area contributed by atoms with Gasteiger partial charge >= 0.3 is 0 Å². The number of ether oxygens (including phenoxy) is 3. The average molecular weight is 572 g/mol. The number of carbonyl (C=O) groups is 2. The number of methoxy groups -OCH3 is 2. The van der Waals surface area contributed by atoms with Crippen LogP contribution in [0.5, 0.6) is 17.2 Å². The molecule has 1 aromatic heterocycles. The Hall–Kier alpha value is -5.12. The van der Waals surface area contributed by atoms with Gasteiger partial charge in [0.15, 0.2) is 23.1 Å². The van der Waals surface area contributed by atoms with Gasteiger partial charge in [-0.3, -0.25) is 9.59 Å². The van der Waals surface area contributed by atoms with Gasteiger partial charge < -0.3 is 28.8 Å². The van der Waals surface area contributed by atoms with Gasteiger partial charge in [-0.1, -0.05) is 36.4 Å². The third kappa shape index (κ3) is 5.83. The number of aliphatic hydroxyl groups excluding tert-OH is 1. The molecule has 2 heterocycles. The highest BCUT2D eigenvalue weighted by molar-refractivity contribution is 6.46. The molecule has 1 amide bonds. The molecule has 0 spiro atoms. The van der Waals surface area contributed by atoms with E-state index in [2.05, 4.69) is 4.98 Å². The summed E-state index contributed by atoms with van der Waals surface area (Å²) in [5, 5.41) is 11.3. The number of aromatic nitrogens is 2. The summed E-state index contributed by atoms with van der Waals surface area (Å²) in [6.07, 6.45) is 5.66. The van der Waals surface area contributed by atoms with Crippen molar-refractivity contribution in [2.75, 3.05) is 20.8 Å². The summed E-state index contributed by atoms with van der Waals surface area (Å²) in [5.74, 6) is -1.97. The summed E-state index contributed by atoms with van der Waals surface area (Å²) in [5.41, 5.74) is 1.40. The number of ketones is 1. The quantitative estimate of drug-likeness (QED) is 0.151. The normalized spacial score (nSPS) is 16.1. The number of halogens is 1. The minimum absolute atomic E-state index is 0.0149. The molecule has 1 N–H and O–H groups in total. The highest BCUT2D eigenvalue weighted by atomic mass is 19.1. The van der Waals surface area contributed by atoms with Crippen molar-refractivity contribution in [2.24, 2.45) is 0 Å². The molecule has 1 atom stereocenters. The van der Waals surface area contributed by atoms with Gasteiger partial charge in [0.25, 0.3) is 11.7 Å². The Balaban J connectivity index is 1.52. The largest absolute Gasteiger partial charge is 0.507 e. The standard InChI is InChI=1S/C32H30FN3O6/c1-40-25-11-10-23(17-24(25)33)30(37)28-29(36(32(39)31(28)38)15-6-14-35-16-13-34-20-35)22-9-12-26(27(18-22)41-2)42-19-21-7-4-3-5-8-21/h3-5,7-13,16-18,20,29,37H,6,14-15,19H2,1-2H3/t29-/m1/s1. The second-order valence-electron chi connectivity index (χ2n) is 9.68. The summed E-state index contributed by atoms with van der Waals surface area (Å²) in [7, 11) is 2.82. The Morgan fingerprint density at radius 2 is 1.71 bits per heavy atom. The van der Waals surface area contributed by atoms with E-state index in [1.807, 2.05) is 41.1 Å². The third-order valence-electron chi connectivity index (χ3n) is 7.08. The highest BCUT2D eigenvalue weighted by Crippen LogP contribution is 2.42. The van der Waals surface area contributed by atoms with Crippen LogP contribution in [0.2, 0.25) is 0 Å². The second kappa shape index (κ2) is 12.6. The van der Waals surface area contributed by atoms with Gasteiger partial charge in [0.1, 0.15) is 12.4 Å². The van der Waals surface area contributed by atoms with Crippen LogP contribution >= 0.6 is 0 Å². The van der Waals surface area contributed by atoms with Gasteiger partial charge in [-0.2, -0.15) is 0 Å². The van der Waals surface area contributed by atoms with Crippen molar-refractivity contribution in [3.05, 3.63) is 114 Å². The minimum Gasteiger partial charge on any atom is -0.507 e. The number of benzene rings is 3. The van der Waals surface area contributed by atoms with E-state index in [9.17, 15) is 19.1 Å². The number of aryl methyl sites for hydroxylation is 1. The van der Waals surface area contributed by atoms with E-state index >= 15 is 0 Å². The number of nitrogens with zero attached hydrogens (tertiary/aromatic N) is 3. The molecule has 216 valence electrons. The molecule has 9 nitrogen and oxygen atoms in total. The Morgan fingerprint density at radius 3 is 2.40 bits per heavy atom. The molecule has 1 aliphatic heterocycles. The van der Waals surface area contributed by atoms with Gasteiger partial charge in [0.2, 0.25) is 0 Å². The van der Waals surface area contributed by atoms with Crippen molar-refractivity contribution >= 4 is 17.4 Å². The molecular weight excluding hydrogens is 541 g/mol. The summed E-state index contributed by atoms with van der Waals surface area (Å²) >= 11 is 0. The summed E-state index contributed by atoms with van der Waals surface area (Å²) in [4.78, 5) is 32.2. The van der Waals surface area contributed by atoms with E-state index in [0.29, 0.717) is 36.6 Å². The first-order valence-electron chi connectivity index (χ1n) is 13.3. The van der Waals surface area contributed by atoms with E-state index < -0.39 is 29.3 Å². The van der Waals surface area contributed by atoms with E-state index in [4.69, 9.17) is 14.2 Å². The number of aliphatic hydroxyl groups is 1. The molecule has 1 fully saturated rings. The van der Waals surface area contributed by atoms with Gasteiger partial charge in [0, 0.05) is 31.0 Å². The zero-order valence-electron chi connectivity index (χ0n) is 23.2. The van der Waals surface area contributed by atoms with Crippen LogP contribution in [0.25, 0.3) is 5.76 Å². The van der Waals surface area contributed by atoms with E-state index in [-0.39, 0.29) is 23.4 Å². The number of imidazole rings is 1. The predicted molar refractivity (Wildman–Crippen MR) is 153 cm³/mol. The maximum Gasteiger partial charge on any atom is 0.295 e. The van der Waals surface area contributed by atoms with Crippen LogP contribution in [0.3, 0.4) is 0 Å². The number of amides is 1. The van der Waals surface area contributed by atoms with Crippen LogP contribution in [-0.2, 0) is 22.7 Å². The lowest BCUT2D eigenvalue weighted by Crippen LogP contribution is -2.31. The smallest absolute Gasteiger partial charge is 0.295 e. The molecule has 5 rings (SSSR count). The van der Waals surface area contributed by atoms with Crippen molar-refractivity contribution in [1.29, 1.82) is 0 Å². The Labute approximate surface area is 242 Å². The summed E-state index contributed by atoms with van der Waals surface area (Å²) in [6, 6.07) is 17.7. The topological polar surface area (TPSA) is 103 Å². The Bertz CT molecular complexity index is 1600. The van der Waals surface area contributed by atoms with Crippen molar-refractivity contribution in [3.8, 4) is 17.2 Å². The zero-order chi connectivity index (χ0) is 29.6. The Morgan fingerprint density at radius 1 is 0.952 bits per heavy atom. The molecule has 10 heteroatoms. The maximum atomic E-state index is 14.5. The lowest BCUT2D eigenvalue weighted by Gasteiger charge is -2.26. The highest BCUT2D eigenvalue weighted by Gasteiger charge is 2.46. The van der Waals surface area contributed by atoms with Crippen LogP contribution in [0.15, 0.2) is 91.0 Å². The van der Waals surface area contributed by atoms with Crippen molar-refractivity contribution in [1.82, 2.24) is 14.5 Å². The maximum absolute atomic E-state index is 14.5. The first kappa shape index (κ1) is 28.4. The van der Waals surface area contributed by atoms with Gasteiger partial charge in [0.05, 0.1) is 32.2 Å². The van der Waals surface area contributed by atoms with Crippen LogP contribution in [0.4, 0.5) is 4.39 Å². The lowest BCUT2D eigenvalue weighted by atomic mass is 9.94. The van der Waals surface area contributed by atoms with Crippen molar-refractivity contribution in [2.45, 2.75) is 25.6 Å². The lowest BCUT2D eigenvalue weighted by molar-refractivity contribution is -0.139. The molecule has 0 saturated carbocycles. The SMILES string of the molecule is COc1ccc(C(O)=C2C(=O)C(=O)N(CCCn3ccnc3)[C@@H]2c2ccc(OCc3ccccc3)c(OC)c2)cc1F. The predicted octanol–water partition coefficient (Wildman–Crippen LogP) is 5.13. The monoisotopic (exact) mass is 571 g/mol. The van der Waals surface area contributed by atoms with E-state index in [0.717, 1.165) is 11.6 Å². The number of likely N-dealkylation sites (tertiary alicyclic amines) is 1. The van der Waals surface area contributed by atoms with Crippen LogP contribution in [0.1, 0.15) is 29.2 Å². The molecule has 1 aliphatic rings. The van der Waals surface area contributed by atoms with E-state index in [1.54, 1.807) is 30.7 Å². The minimum atomic E-state index is -0.949. The fourth-order valence-corrected chi connectivity index (χ4v) is 4.98. The van der Waals surface area contributed by atoms with Crippen LogP contribution in [0, 0.1) is 5.82 Å². The van der Waals surface area contributed by atoms with Crippen LogP contribution in [-0.4, -0.2) is 52.0 Å². The zero-order valence-corrected chi connectivity index (χ0v) is 23.2.